The van der Waals surface area contributed by atoms with E-state index in [0.29, 0.717) is 63.5 Å². The minimum Gasteiger partial charge on any atom is -0.481 e. The number of aldehydes is 1. The number of nitrogens with zero attached hydrogens (tertiary/aromatic N) is 5. The lowest BCUT2D eigenvalue weighted by atomic mass is 10.0. The number of ether oxygens (including phenoxy) is 7. The third-order valence-electron chi connectivity index (χ3n) is 15.1. The van der Waals surface area contributed by atoms with Crippen LogP contribution in [-0.2, 0) is 75.0 Å². The van der Waals surface area contributed by atoms with Gasteiger partial charge in [0.2, 0.25) is 23.6 Å². The van der Waals surface area contributed by atoms with Crippen molar-refractivity contribution in [2.45, 2.75) is 77.6 Å². The predicted octanol–water partition coefficient (Wildman–Crippen LogP) is 3.72. The molecule has 10 N–H and O–H groups in total. The topological polar surface area (TPSA) is 424 Å². The summed E-state index contributed by atoms with van der Waals surface area (Å²) in [6, 6.07) is 20.4. The standard InChI is InChI=1S/C68H83N13O18/c1-42(2)60(80-63(87)52(19-22-59(85)86)72-37-46(39-82)40-97-33-32-96-31-30-95-29-28-94-27-25-81-57(83)20-21-58(81)84)65(89)77-53(12-7-23-70-67(69)91)64(88)75-49-16-13-44(14-17-49)41-99-68(92)71-24-26-98-56-38-73-50-18-15-47(36-54(50)76-56)61-62(51-11-5-8-43(3)74-51)79-55(78-61)35-45-9-6-10-48(34-45)66(90)93-4/h5-6,8-11,13-18,20-21,34,36,38-39,42,46,52-53,60,72H,7,12,19,22-33,35,37,40-41H2,1-4H3,(H,71,92)(H,75,88)(H,77,89)(H,78,79)(H,80,87)(H,85,86)(H3,69,70,91)/t46?,52-,53-,60-/m0/s1. The Hall–Kier alpha value is -10.6. The monoisotopic (exact) mass is 1370 g/mol. The highest BCUT2D eigenvalue weighted by Gasteiger charge is 2.32. The number of aliphatic carboxylic acids is 1. The Morgan fingerprint density at radius 2 is 1.44 bits per heavy atom. The van der Waals surface area contributed by atoms with Crippen LogP contribution >= 0.6 is 0 Å². The fraction of sp³-hybridized carbons (Fsp3) is 0.412. The molecule has 7 rings (SSSR count). The second kappa shape index (κ2) is 39.6. The lowest BCUT2D eigenvalue weighted by Gasteiger charge is -2.27. The number of rotatable bonds is 43. The van der Waals surface area contributed by atoms with Crippen molar-refractivity contribution in [2.75, 3.05) is 98.1 Å². The number of carboxylic acid groups (broad SMARTS) is 1. The van der Waals surface area contributed by atoms with Crippen molar-refractivity contribution < 1.29 is 86.2 Å². The number of imide groups is 1. The van der Waals surface area contributed by atoms with Crippen LogP contribution in [0, 0.1) is 18.8 Å². The number of nitrogens with two attached hydrogens (primary N) is 1. The fourth-order valence-corrected chi connectivity index (χ4v) is 9.91. The number of hydrogen-bond acceptors (Lipinski definition) is 22. The Kier molecular flexibility index (Phi) is 30.3. The second-order valence-corrected chi connectivity index (χ2v) is 23.0. The van der Waals surface area contributed by atoms with E-state index in [1.807, 2.05) is 49.4 Å². The van der Waals surface area contributed by atoms with Crippen molar-refractivity contribution in [3.05, 3.63) is 131 Å². The van der Waals surface area contributed by atoms with Gasteiger partial charge in [0.15, 0.2) is 0 Å². The van der Waals surface area contributed by atoms with Crippen LogP contribution in [-0.4, -0.2) is 206 Å². The minimum atomic E-state index is -1.22. The number of amides is 8. The molecule has 1 unspecified atom stereocenters. The Bertz CT molecular complexity index is 3760. The largest absolute Gasteiger partial charge is 0.481 e. The van der Waals surface area contributed by atoms with Crippen molar-refractivity contribution in [1.82, 2.24) is 56.4 Å². The molecule has 528 valence electrons. The molecule has 0 saturated heterocycles. The first-order chi connectivity index (χ1) is 47.8. The Labute approximate surface area is 570 Å². The molecule has 0 bridgehead atoms. The first-order valence-electron chi connectivity index (χ1n) is 32.1. The molecule has 1 aliphatic heterocycles. The van der Waals surface area contributed by atoms with E-state index >= 15 is 0 Å². The van der Waals surface area contributed by atoms with E-state index < -0.39 is 78.2 Å². The van der Waals surface area contributed by atoms with Gasteiger partial charge in [-0.1, -0.05) is 50.2 Å². The number of primary amides is 1. The summed E-state index contributed by atoms with van der Waals surface area (Å²) in [5.41, 5.74) is 12.1. The summed E-state index contributed by atoms with van der Waals surface area (Å²) in [5, 5.41) is 25.7. The maximum absolute atomic E-state index is 14.0. The number of fused-ring (bicyclic) bond motifs is 1. The molecule has 99 heavy (non-hydrogen) atoms. The van der Waals surface area contributed by atoms with Crippen LogP contribution in [0.25, 0.3) is 33.7 Å². The van der Waals surface area contributed by atoms with E-state index in [4.69, 9.17) is 48.9 Å². The number of urea groups is 1. The molecule has 3 aromatic heterocycles. The molecular weight excluding hydrogens is 1290 g/mol. The molecule has 4 heterocycles. The number of anilines is 1. The first kappa shape index (κ1) is 75.8. The molecular formula is C68H83N13O18. The van der Waals surface area contributed by atoms with E-state index in [-0.39, 0.29) is 129 Å². The average molecular weight is 1370 g/mol. The van der Waals surface area contributed by atoms with Gasteiger partial charge in [-0.15, -0.1) is 0 Å². The van der Waals surface area contributed by atoms with E-state index in [2.05, 4.69) is 46.9 Å². The molecule has 6 aromatic rings. The summed E-state index contributed by atoms with van der Waals surface area (Å²) in [6.45, 7) is 6.74. The highest BCUT2D eigenvalue weighted by molar-refractivity contribution is 6.12. The van der Waals surface area contributed by atoms with Crippen LogP contribution in [0.15, 0.2) is 103 Å². The zero-order chi connectivity index (χ0) is 71.1. The zero-order valence-corrected chi connectivity index (χ0v) is 55.4. The smallest absolute Gasteiger partial charge is 0.407 e. The number of aryl methyl sites for hydroxylation is 1. The maximum Gasteiger partial charge on any atom is 0.407 e. The van der Waals surface area contributed by atoms with Crippen LogP contribution in [0.4, 0.5) is 15.3 Å². The number of benzene rings is 3. The van der Waals surface area contributed by atoms with Crippen molar-refractivity contribution in [3.63, 3.8) is 0 Å². The maximum atomic E-state index is 14.0. The first-order valence-corrected chi connectivity index (χ1v) is 32.1. The highest BCUT2D eigenvalue weighted by atomic mass is 16.6. The molecule has 0 fully saturated rings. The van der Waals surface area contributed by atoms with Crippen molar-refractivity contribution in [2.24, 2.45) is 17.6 Å². The number of carboxylic acids is 1. The van der Waals surface area contributed by atoms with Gasteiger partial charge in [-0.2, -0.15) is 0 Å². The Morgan fingerprint density at radius 1 is 0.727 bits per heavy atom. The Morgan fingerprint density at radius 3 is 2.13 bits per heavy atom. The molecule has 0 saturated carbocycles. The SMILES string of the molecule is COC(=O)c1cccc(Cc2nc(-c3cccc(C)n3)c(-c3ccc4ncc(OCCNC(=O)OCc5ccc(NC(=O)[C@H](CCCNC(N)=O)NC(=O)[C@@H](NC(=O)[C@H](CCC(=O)O)NCC(C=O)COCCOCCOCCOCCN6C(=O)C=CC6=O)C(C)C)cc5)nc4c3)[nH]2)c1. The predicted molar refractivity (Wildman–Crippen MR) is 357 cm³/mol. The number of carbonyl (C=O) groups excluding carboxylic acids is 9. The molecule has 3 aromatic carbocycles. The van der Waals surface area contributed by atoms with Crippen LogP contribution < -0.4 is 42.4 Å². The molecule has 8 amide bonds. The number of imidazole rings is 1. The normalized spacial score (nSPS) is 13.1. The van der Waals surface area contributed by atoms with E-state index in [1.165, 1.54) is 25.5 Å². The summed E-state index contributed by atoms with van der Waals surface area (Å²) < 4.78 is 38.2. The highest BCUT2D eigenvalue weighted by Crippen LogP contribution is 2.32. The molecule has 0 aliphatic carbocycles. The number of H-pyrrole nitrogens is 1. The third kappa shape index (κ3) is 25.1. The molecule has 4 atom stereocenters. The van der Waals surface area contributed by atoms with Gasteiger partial charge in [-0.05, 0) is 91.8 Å². The van der Waals surface area contributed by atoms with Crippen molar-refractivity contribution in [3.8, 4) is 28.5 Å². The number of alkyl carbamates (subject to hydrolysis) is 1. The van der Waals surface area contributed by atoms with Gasteiger partial charge < -0.3 is 85.7 Å². The molecule has 0 radical (unpaired) electrons. The lowest BCUT2D eigenvalue weighted by molar-refractivity contribution is -0.139. The quantitative estimate of drug-likeness (QED) is 0.0114. The van der Waals surface area contributed by atoms with Crippen LogP contribution in [0.2, 0.25) is 0 Å². The number of hydrogen-bond donors (Lipinski definition) is 9. The fourth-order valence-electron chi connectivity index (χ4n) is 9.91. The number of aromatic amines is 1. The number of nitrogens with one attached hydrogen (secondary N) is 7. The Balaban J connectivity index is 0.845. The van der Waals surface area contributed by atoms with Gasteiger partial charge in [0.1, 0.15) is 43.1 Å². The lowest BCUT2D eigenvalue weighted by Crippen LogP contribution is -2.57. The number of esters is 1. The number of carbonyl (C=O) groups is 10. The van der Waals surface area contributed by atoms with Crippen LogP contribution in [0.1, 0.15) is 72.5 Å². The summed E-state index contributed by atoms with van der Waals surface area (Å²) in [7, 11) is 1.33. The zero-order valence-electron chi connectivity index (χ0n) is 55.4. The number of pyridine rings is 1. The molecule has 1 aliphatic rings. The van der Waals surface area contributed by atoms with Crippen LogP contribution in [0.3, 0.4) is 0 Å². The van der Waals surface area contributed by atoms with Gasteiger partial charge in [0.05, 0.1) is 119 Å². The minimum absolute atomic E-state index is 0.0200. The average Bonchev–Trinajstić information content (AvgIpc) is 1.72. The van der Waals surface area contributed by atoms with Gasteiger partial charge in [0.25, 0.3) is 11.8 Å². The second-order valence-electron chi connectivity index (χ2n) is 23.0. The molecule has 31 heteroatoms. The van der Waals surface area contributed by atoms with Gasteiger partial charge >= 0.3 is 24.1 Å². The summed E-state index contributed by atoms with van der Waals surface area (Å²) in [6.07, 6.45) is 3.77. The summed E-state index contributed by atoms with van der Waals surface area (Å²) in [5.74, 6) is -4.93. The van der Waals surface area contributed by atoms with Gasteiger partial charge in [-0.3, -0.25) is 38.7 Å². The summed E-state index contributed by atoms with van der Waals surface area (Å²) in [4.78, 5) is 149. The summed E-state index contributed by atoms with van der Waals surface area (Å²) >= 11 is 0. The molecule has 31 nitrogen and oxygen atoms in total. The van der Waals surface area contributed by atoms with Gasteiger partial charge in [-0.25, -0.2) is 29.3 Å². The van der Waals surface area contributed by atoms with Crippen molar-refractivity contribution in [1.29, 1.82) is 0 Å². The number of methoxy groups -OCH3 is 1. The van der Waals surface area contributed by atoms with Crippen molar-refractivity contribution >= 4 is 76.6 Å². The van der Waals surface area contributed by atoms with Gasteiger partial charge in [0, 0.05) is 55.0 Å². The van der Waals surface area contributed by atoms with E-state index in [0.717, 1.165) is 21.7 Å². The van der Waals surface area contributed by atoms with E-state index in [1.54, 1.807) is 56.3 Å². The number of aromatic nitrogens is 5. The molecule has 0 spiro atoms. The van der Waals surface area contributed by atoms with Crippen LogP contribution in [0.5, 0.6) is 5.88 Å². The van der Waals surface area contributed by atoms with E-state index in [9.17, 15) is 53.1 Å². The third-order valence-corrected chi connectivity index (χ3v) is 15.1.